The highest BCUT2D eigenvalue weighted by molar-refractivity contribution is 8.17. The Morgan fingerprint density at radius 3 is 2.32 bits per heavy atom. The van der Waals surface area contributed by atoms with Gasteiger partial charge in [-0.05, 0) is 48.0 Å². The molecule has 0 aliphatic carbocycles. The van der Waals surface area contributed by atoms with E-state index in [1.165, 1.54) is 0 Å². The van der Waals surface area contributed by atoms with Crippen molar-refractivity contribution < 1.29 is 14.3 Å². The monoisotopic (exact) mass is 511 g/mol. The number of rotatable bonds is 8. The van der Waals surface area contributed by atoms with Gasteiger partial charge in [0.2, 0.25) is 11.8 Å². The molecule has 37 heavy (non-hydrogen) atoms. The molecule has 188 valence electrons. The summed E-state index contributed by atoms with van der Waals surface area (Å²) < 4.78 is 5.89. The first-order valence-corrected chi connectivity index (χ1v) is 14.2. The number of nitrogens with zero attached hydrogens (tertiary/aromatic N) is 3. The number of amides is 1. The molecule has 0 unspecified atom stereocenters. The zero-order valence-electron chi connectivity index (χ0n) is 20.6. The molecule has 2 atom stereocenters. The van der Waals surface area contributed by atoms with E-state index in [9.17, 15) is 14.9 Å². The fourth-order valence-electron chi connectivity index (χ4n) is 5.01. The maximum atomic E-state index is 13.8. The first-order valence-electron chi connectivity index (χ1n) is 12.6. The second-order valence-electron chi connectivity index (χ2n) is 9.37. The molecule has 1 amide bonds. The van der Waals surface area contributed by atoms with Gasteiger partial charge in [0.25, 0.3) is 0 Å². The second-order valence-corrected chi connectivity index (χ2v) is 11.6. The van der Waals surface area contributed by atoms with Crippen LogP contribution in [0, 0.1) is 23.2 Å². The van der Waals surface area contributed by atoms with Gasteiger partial charge in [0.1, 0.15) is 23.4 Å². The van der Waals surface area contributed by atoms with Crippen LogP contribution in [-0.2, 0) is 22.6 Å². The van der Waals surface area contributed by atoms with E-state index in [2.05, 4.69) is 11.1 Å². The molecule has 0 bridgehead atoms. The van der Waals surface area contributed by atoms with Crippen LogP contribution >= 0.6 is 10.5 Å². The number of hydrogen-bond acceptors (Lipinski definition) is 5. The highest BCUT2D eigenvalue weighted by Gasteiger charge is 2.46. The van der Waals surface area contributed by atoms with Crippen molar-refractivity contribution in [2.75, 3.05) is 23.0 Å². The maximum Gasteiger partial charge on any atom is 0.232 e. The second kappa shape index (κ2) is 11.5. The number of carbonyl (C=O) groups excluding carboxylic acids is 2. The van der Waals surface area contributed by atoms with Crippen LogP contribution in [0.25, 0.3) is 0 Å². The molecule has 2 aromatic carbocycles. The van der Waals surface area contributed by atoms with E-state index < -0.39 is 11.8 Å². The number of Topliss-reactive ketones (excluding diaryl/α,β-unsaturated/α-hetero) is 1. The van der Waals surface area contributed by atoms with Crippen LogP contribution < -0.4 is 9.64 Å². The van der Waals surface area contributed by atoms with Crippen molar-refractivity contribution in [3.8, 4) is 11.9 Å². The van der Waals surface area contributed by atoms with Crippen LogP contribution in [0.2, 0.25) is 0 Å². The number of pyridine rings is 1. The molecule has 0 N–H and O–H groups in total. The smallest absolute Gasteiger partial charge is 0.232 e. The fraction of sp³-hybridized carbons (Fsp3) is 0.300. The third-order valence-corrected chi connectivity index (χ3v) is 9.38. The quantitative estimate of drug-likeness (QED) is 0.405. The van der Waals surface area contributed by atoms with Gasteiger partial charge < -0.3 is 4.74 Å². The average molecular weight is 512 g/mol. The number of aromatic nitrogens is 1. The number of hydrogen-bond donors (Lipinski definition) is 0. The van der Waals surface area contributed by atoms with Gasteiger partial charge in [0.15, 0.2) is 5.78 Å². The molecule has 5 rings (SSSR count). The molecule has 1 aromatic heterocycles. The molecule has 0 radical (unpaired) electrons. The molecular weight excluding hydrogens is 482 g/mol. The summed E-state index contributed by atoms with van der Waals surface area (Å²) >= 11 is 0. The Bertz CT molecular complexity index is 1340. The van der Waals surface area contributed by atoms with Crippen molar-refractivity contribution in [1.82, 2.24) is 4.98 Å². The largest absolute Gasteiger partial charge is 0.473 e. The summed E-state index contributed by atoms with van der Waals surface area (Å²) in [5.74, 6) is 1.25. The Kier molecular flexibility index (Phi) is 7.76. The topological polar surface area (TPSA) is 83.3 Å². The Morgan fingerprint density at radius 1 is 0.973 bits per heavy atom. The van der Waals surface area contributed by atoms with E-state index >= 15 is 0 Å². The van der Waals surface area contributed by atoms with E-state index in [0.29, 0.717) is 29.6 Å². The summed E-state index contributed by atoms with van der Waals surface area (Å²) in [4.78, 5) is 34.0. The minimum atomic E-state index is -0.578. The maximum absolute atomic E-state index is 13.8. The van der Waals surface area contributed by atoms with Crippen LogP contribution in [0.3, 0.4) is 0 Å². The van der Waals surface area contributed by atoms with Crippen LogP contribution in [0.5, 0.6) is 5.88 Å². The van der Waals surface area contributed by atoms with Crippen molar-refractivity contribution in [2.45, 2.75) is 25.9 Å². The van der Waals surface area contributed by atoms with Gasteiger partial charge in [0, 0.05) is 12.6 Å². The van der Waals surface area contributed by atoms with Gasteiger partial charge in [-0.15, -0.1) is 0 Å². The van der Waals surface area contributed by atoms with Gasteiger partial charge >= 0.3 is 0 Å². The Balaban J connectivity index is 1.42. The zero-order valence-corrected chi connectivity index (χ0v) is 21.4. The zero-order chi connectivity index (χ0) is 25.6. The minimum Gasteiger partial charge on any atom is -0.473 e. The highest BCUT2D eigenvalue weighted by Crippen LogP contribution is 2.35. The standard InChI is InChI=1S/C30H29N3O3S/c31-19-26(37-16-7-8-17-37)29(34)25-20-33(30(35)24(25)18-22-10-3-1-4-11-22)27-14-9-15-28(32-27)36-21-23-12-5-2-6-13-23/h1-6,9-15,24-25H,7-8,16-18,20-21H2/t24-,25+/m1/s1. The number of ether oxygens (including phenoxy) is 1. The lowest BCUT2D eigenvalue weighted by Gasteiger charge is -2.16. The van der Waals surface area contributed by atoms with Gasteiger partial charge in [-0.25, -0.2) is 0 Å². The number of ketones is 1. The number of carbonyl (C=O) groups is 2. The van der Waals surface area contributed by atoms with Crippen molar-refractivity contribution >= 4 is 32.9 Å². The van der Waals surface area contributed by atoms with Crippen LogP contribution in [0.15, 0.2) is 78.9 Å². The molecule has 3 heterocycles. The fourth-order valence-corrected chi connectivity index (χ4v) is 7.29. The summed E-state index contributed by atoms with van der Waals surface area (Å²) in [6, 6.07) is 27.1. The SMILES string of the molecule is N#CC(C(=O)[C@H]1CN(c2cccc(OCc3ccccc3)n2)C(=O)[C@@H]1Cc1ccccc1)=S1CCCC1. The first kappa shape index (κ1) is 24.9. The summed E-state index contributed by atoms with van der Waals surface area (Å²) in [5.41, 5.74) is 2.02. The average Bonchev–Trinajstić information content (AvgIpc) is 3.58. The first-order chi connectivity index (χ1) is 18.1. The van der Waals surface area contributed by atoms with Crippen LogP contribution in [0.1, 0.15) is 24.0 Å². The molecule has 2 aliphatic rings. The molecule has 7 heteroatoms. The number of anilines is 1. The van der Waals surface area contributed by atoms with E-state index in [1.807, 2.05) is 66.7 Å². The van der Waals surface area contributed by atoms with Crippen molar-refractivity contribution in [3.63, 3.8) is 0 Å². The molecule has 0 spiro atoms. The van der Waals surface area contributed by atoms with Crippen LogP contribution in [0.4, 0.5) is 5.82 Å². The lowest BCUT2D eigenvalue weighted by molar-refractivity contribution is -0.124. The molecular formula is C30H29N3O3S. The third kappa shape index (κ3) is 5.65. The van der Waals surface area contributed by atoms with E-state index in [0.717, 1.165) is 35.5 Å². The van der Waals surface area contributed by atoms with Gasteiger partial charge in [-0.3, -0.25) is 14.5 Å². The summed E-state index contributed by atoms with van der Waals surface area (Å²) in [6.45, 7) is 0.582. The lowest BCUT2D eigenvalue weighted by atomic mass is 9.85. The predicted octanol–water partition coefficient (Wildman–Crippen LogP) is 4.81. The predicted molar refractivity (Wildman–Crippen MR) is 147 cm³/mol. The molecule has 3 aromatic rings. The van der Waals surface area contributed by atoms with Crippen molar-refractivity contribution in [1.29, 1.82) is 5.26 Å². The summed E-state index contributed by atoms with van der Waals surface area (Å²) in [7, 11) is -0.304. The molecule has 2 aliphatic heterocycles. The summed E-state index contributed by atoms with van der Waals surface area (Å²) in [6.07, 6.45) is 2.54. The Hall–Kier alpha value is -3.76. The number of benzene rings is 2. The van der Waals surface area contributed by atoms with Gasteiger partial charge in [0.05, 0.1) is 11.8 Å². The lowest BCUT2D eigenvalue weighted by Crippen LogP contribution is -2.31. The molecule has 2 fully saturated rings. The van der Waals surface area contributed by atoms with E-state index in [4.69, 9.17) is 4.74 Å². The molecule has 2 saturated heterocycles. The van der Waals surface area contributed by atoms with Gasteiger partial charge in [-0.1, -0.05) is 66.7 Å². The molecule has 0 saturated carbocycles. The van der Waals surface area contributed by atoms with E-state index in [-0.39, 0.29) is 28.7 Å². The third-order valence-electron chi connectivity index (χ3n) is 6.94. The normalized spacial score (nSPS) is 19.5. The van der Waals surface area contributed by atoms with Gasteiger partial charge in [-0.2, -0.15) is 20.7 Å². The number of nitriles is 1. The Morgan fingerprint density at radius 2 is 1.65 bits per heavy atom. The Labute approximate surface area is 219 Å². The van der Waals surface area contributed by atoms with Crippen molar-refractivity contribution in [3.05, 3.63) is 90.0 Å². The minimum absolute atomic E-state index is 0.137. The van der Waals surface area contributed by atoms with Crippen molar-refractivity contribution in [2.24, 2.45) is 11.8 Å². The highest BCUT2D eigenvalue weighted by atomic mass is 32.2. The summed E-state index contributed by atoms with van der Waals surface area (Å²) in [5, 5.41) is 9.90. The molecule has 6 nitrogen and oxygen atoms in total. The van der Waals surface area contributed by atoms with E-state index in [1.54, 1.807) is 17.0 Å². The van der Waals surface area contributed by atoms with Crippen LogP contribution in [-0.4, -0.2) is 39.6 Å².